The van der Waals surface area contributed by atoms with Gasteiger partial charge in [-0.15, -0.1) is 0 Å². The molecule has 2 aliphatic rings. The number of carbonyl (C=O) groups is 2. The van der Waals surface area contributed by atoms with Crippen molar-refractivity contribution >= 4 is 11.9 Å². The van der Waals surface area contributed by atoms with E-state index in [9.17, 15) is 9.59 Å². The third-order valence-corrected chi connectivity index (χ3v) is 3.01. The Kier molecular flexibility index (Phi) is 3.14. The van der Waals surface area contributed by atoms with Crippen molar-refractivity contribution in [3.05, 3.63) is 0 Å². The van der Waals surface area contributed by atoms with E-state index in [0.717, 1.165) is 19.3 Å². The van der Waals surface area contributed by atoms with E-state index in [1.807, 2.05) is 6.92 Å². The molecule has 0 spiro atoms. The second kappa shape index (κ2) is 4.41. The molecule has 0 saturated heterocycles. The van der Waals surface area contributed by atoms with Gasteiger partial charge in [0, 0.05) is 12.6 Å². The summed E-state index contributed by atoms with van der Waals surface area (Å²) in [6, 6.07) is 0.159. The highest BCUT2D eigenvalue weighted by Crippen LogP contribution is 2.38. The minimum absolute atomic E-state index is 0.0209. The highest BCUT2D eigenvalue weighted by Gasteiger charge is 2.48. The molecule has 0 aromatic rings. The van der Waals surface area contributed by atoms with Gasteiger partial charge in [0.2, 0.25) is 5.91 Å². The van der Waals surface area contributed by atoms with Crippen LogP contribution in [-0.4, -0.2) is 47.2 Å². The van der Waals surface area contributed by atoms with Crippen molar-refractivity contribution in [3.63, 3.8) is 0 Å². The molecule has 5 heteroatoms. The van der Waals surface area contributed by atoms with Gasteiger partial charge in [0.25, 0.3) is 0 Å². The number of ether oxygens (including phenoxy) is 1. The fraction of sp³-hybridized carbons (Fsp3) is 0.818. The molecule has 0 aromatic heterocycles. The normalized spacial score (nSPS) is 27.6. The Morgan fingerprint density at radius 2 is 2.12 bits per heavy atom. The Balaban J connectivity index is 1.88. The molecule has 2 atom stereocenters. The van der Waals surface area contributed by atoms with Gasteiger partial charge in [-0.1, -0.05) is 0 Å². The molecule has 16 heavy (non-hydrogen) atoms. The molecular formula is C11H17NO4. The van der Waals surface area contributed by atoms with Gasteiger partial charge in [0.1, 0.15) is 6.54 Å². The molecule has 2 unspecified atom stereocenters. The van der Waals surface area contributed by atoms with Crippen LogP contribution in [0.25, 0.3) is 0 Å². The summed E-state index contributed by atoms with van der Waals surface area (Å²) < 4.78 is 5.35. The smallest absolute Gasteiger partial charge is 0.323 e. The van der Waals surface area contributed by atoms with Gasteiger partial charge in [-0.2, -0.15) is 0 Å². The molecule has 5 nitrogen and oxygen atoms in total. The van der Waals surface area contributed by atoms with Crippen LogP contribution in [0.15, 0.2) is 0 Å². The van der Waals surface area contributed by atoms with Crippen LogP contribution in [0.3, 0.4) is 0 Å². The van der Waals surface area contributed by atoms with E-state index in [4.69, 9.17) is 9.84 Å². The number of hydrogen-bond acceptors (Lipinski definition) is 3. The van der Waals surface area contributed by atoms with Crippen molar-refractivity contribution in [2.24, 2.45) is 5.92 Å². The van der Waals surface area contributed by atoms with E-state index in [1.165, 1.54) is 4.90 Å². The standard InChI is InChI=1S/C11H17NO4/c1-2-16-9-5-8(9)11(15)12(6-10(13)14)7-3-4-7/h7-9H,2-6H2,1H3,(H,13,14). The zero-order valence-corrected chi connectivity index (χ0v) is 9.39. The maximum absolute atomic E-state index is 12.0. The van der Waals surface area contributed by atoms with Gasteiger partial charge in [0.15, 0.2) is 0 Å². The van der Waals surface area contributed by atoms with Crippen LogP contribution in [0.1, 0.15) is 26.2 Å². The Hall–Kier alpha value is -1.10. The molecule has 2 fully saturated rings. The van der Waals surface area contributed by atoms with E-state index < -0.39 is 5.97 Å². The fourth-order valence-electron chi connectivity index (χ4n) is 1.96. The Labute approximate surface area is 94.4 Å². The lowest BCUT2D eigenvalue weighted by molar-refractivity contribution is -0.145. The highest BCUT2D eigenvalue weighted by molar-refractivity contribution is 5.86. The minimum atomic E-state index is -0.936. The monoisotopic (exact) mass is 227 g/mol. The summed E-state index contributed by atoms with van der Waals surface area (Å²) in [7, 11) is 0. The summed E-state index contributed by atoms with van der Waals surface area (Å²) in [4.78, 5) is 24.2. The number of hydrogen-bond donors (Lipinski definition) is 1. The number of aliphatic carboxylic acids is 1. The first-order valence-corrected chi connectivity index (χ1v) is 5.77. The van der Waals surface area contributed by atoms with Crippen molar-refractivity contribution in [3.8, 4) is 0 Å². The molecule has 1 N–H and O–H groups in total. The highest BCUT2D eigenvalue weighted by atomic mass is 16.5. The second-order valence-electron chi connectivity index (χ2n) is 4.43. The van der Waals surface area contributed by atoms with Gasteiger partial charge < -0.3 is 14.7 Å². The summed E-state index contributed by atoms with van der Waals surface area (Å²) in [6.07, 6.45) is 2.64. The predicted octanol–water partition coefficient (Wildman–Crippen LogP) is 0.487. The van der Waals surface area contributed by atoms with Crippen LogP contribution >= 0.6 is 0 Å². The summed E-state index contributed by atoms with van der Waals surface area (Å²) in [5.74, 6) is -1.07. The largest absolute Gasteiger partial charge is 0.480 e. The third kappa shape index (κ3) is 2.52. The maximum atomic E-state index is 12.0. The molecule has 1 amide bonds. The molecular weight excluding hydrogens is 210 g/mol. The van der Waals surface area contributed by atoms with E-state index in [0.29, 0.717) is 6.61 Å². The van der Waals surface area contributed by atoms with Crippen LogP contribution in [0, 0.1) is 5.92 Å². The lowest BCUT2D eigenvalue weighted by Crippen LogP contribution is -2.39. The van der Waals surface area contributed by atoms with Gasteiger partial charge in [-0.25, -0.2) is 0 Å². The number of carboxylic acid groups (broad SMARTS) is 1. The lowest BCUT2D eigenvalue weighted by Gasteiger charge is -2.20. The van der Waals surface area contributed by atoms with Crippen molar-refractivity contribution in [2.75, 3.05) is 13.2 Å². The fourth-order valence-corrected chi connectivity index (χ4v) is 1.96. The van der Waals surface area contributed by atoms with Crippen LogP contribution in [-0.2, 0) is 14.3 Å². The Morgan fingerprint density at radius 1 is 1.44 bits per heavy atom. The van der Waals surface area contributed by atoms with Gasteiger partial charge in [-0.3, -0.25) is 9.59 Å². The van der Waals surface area contributed by atoms with Crippen LogP contribution in [0.5, 0.6) is 0 Å². The molecule has 0 aromatic carbocycles. The summed E-state index contributed by atoms with van der Waals surface area (Å²) in [5.41, 5.74) is 0. The SMILES string of the molecule is CCOC1CC1C(=O)N(CC(=O)O)C1CC1. The quantitative estimate of drug-likeness (QED) is 0.717. The number of rotatable bonds is 6. The van der Waals surface area contributed by atoms with E-state index >= 15 is 0 Å². The van der Waals surface area contributed by atoms with Crippen LogP contribution < -0.4 is 0 Å². The van der Waals surface area contributed by atoms with Crippen LogP contribution in [0.2, 0.25) is 0 Å². The Bertz CT molecular complexity index is 300. The van der Waals surface area contributed by atoms with Crippen molar-refractivity contribution in [1.29, 1.82) is 0 Å². The summed E-state index contributed by atoms with van der Waals surface area (Å²) in [6.45, 7) is 2.34. The Morgan fingerprint density at radius 3 is 2.62 bits per heavy atom. The minimum Gasteiger partial charge on any atom is -0.480 e. The van der Waals surface area contributed by atoms with E-state index in [2.05, 4.69) is 0 Å². The first kappa shape index (κ1) is 11.4. The van der Waals surface area contributed by atoms with E-state index in [-0.39, 0.29) is 30.5 Å². The molecule has 2 aliphatic carbocycles. The number of nitrogens with zero attached hydrogens (tertiary/aromatic N) is 1. The van der Waals surface area contributed by atoms with Crippen molar-refractivity contribution in [1.82, 2.24) is 4.90 Å². The molecule has 2 saturated carbocycles. The molecule has 90 valence electrons. The van der Waals surface area contributed by atoms with Gasteiger partial charge in [-0.05, 0) is 26.2 Å². The molecule has 0 radical (unpaired) electrons. The second-order valence-corrected chi connectivity index (χ2v) is 4.43. The number of amides is 1. The molecule has 0 heterocycles. The van der Waals surface area contributed by atoms with Crippen molar-refractivity contribution in [2.45, 2.75) is 38.3 Å². The topological polar surface area (TPSA) is 66.8 Å². The first-order valence-electron chi connectivity index (χ1n) is 5.77. The average molecular weight is 227 g/mol. The van der Waals surface area contributed by atoms with Crippen molar-refractivity contribution < 1.29 is 19.4 Å². The molecule has 2 rings (SSSR count). The van der Waals surface area contributed by atoms with Crippen LogP contribution in [0.4, 0.5) is 0 Å². The average Bonchev–Trinajstić information content (AvgIpc) is 3.07. The lowest BCUT2D eigenvalue weighted by atomic mass is 10.3. The van der Waals surface area contributed by atoms with E-state index in [1.54, 1.807) is 0 Å². The third-order valence-electron chi connectivity index (χ3n) is 3.01. The molecule has 0 bridgehead atoms. The molecule has 0 aliphatic heterocycles. The van der Waals surface area contributed by atoms with Gasteiger partial charge >= 0.3 is 5.97 Å². The summed E-state index contributed by atoms with van der Waals surface area (Å²) >= 11 is 0. The zero-order valence-electron chi connectivity index (χ0n) is 9.39. The predicted molar refractivity (Wildman–Crippen MR) is 55.9 cm³/mol. The zero-order chi connectivity index (χ0) is 11.7. The first-order chi connectivity index (χ1) is 7.63. The van der Waals surface area contributed by atoms with Gasteiger partial charge in [0.05, 0.1) is 12.0 Å². The number of carboxylic acids is 1. The summed E-state index contributed by atoms with van der Waals surface area (Å²) in [5, 5.41) is 8.76. The number of carbonyl (C=O) groups excluding carboxylic acids is 1. The maximum Gasteiger partial charge on any atom is 0.323 e.